The average Bonchev–Trinajstić information content (AvgIpc) is 1.95. The zero-order valence-electron chi connectivity index (χ0n) is 8.13. The van der Waals surface area contributed by atoms with E-state index in [4.69, 9.17) is 9.47 Å². The minimum Gasteiger partial charge on any atom is -0.379 e. The average molecular weight is 174 g/mol. The standard InChI is InChI=1S/C9H18O3/c1-8(2)6-11-4-5-12-7-9(3)10/h8H,4-7H2,1-3H3. The second-order valence-electron chi connectivity index (χ2n) is 3.22. The predicted octanol–water partition coefficient (Wildman–Crippen LogP) is 1.26. The second kappa shape index (κ2) is 7.25. The Morgan fingerprint density at radius 1 is 1.25 bits per heavy atom. The predicted molar refractivity (Wildman–Crippen MR) is 47.2 cm³/mol. The number of carbonyl (C=O) groups is 1. The van der Waals surface area contributed by atoms with E-state index in [0.717, 1.165) is 6.61 Å². The van der Waals surface area contributed by atoms with Crippen molar-refractivity contribution < 1.29 is 14.3 Å². The van der Waals surface area contributed by atoms with Crippen molar-refractivity contribution in [1.29, 1.82) is 0 Å². The van der Waals surface area contributed by atoms with Crippen LogP contribution in [0.5, 0.6) is 0 Å². The number of hydrogen-bond donors (Lipinski definition) is 0. The largest absolute Gasteiger partial charge is 0.379 e. The Hall–Kier alpha value is -0.410. The molecule has 0 heterocycles. The van der Waals surface area contributed by atoms with Gasteiger partial charge >= 0.3 is 0 Å². The smallest absolute Gasteiger partial charge is 0.155 e. The van der Waals surface area contributed by atoms with E-state index in [-0.39, 0.29) is 12.4 Å². The minimum absolute atomic E-state index is 0.0545. The molecule has 0 aromatic heterocycles. The Morgan fingerprint density at radius 3 is 2.33 bits per heavy atom. The van der Waals surface area contributed by atoms with Gasteiger partial charge in [0.2, 0.25) is 0 Å². The van der Waals surface area contributed by atoms with Crippen LogP contribution in [0.4, 0.5) is 0 Å². The molecule has 0 unspecified atom stereocenters. The zero-order chi connectivity index (χ0) is 9.40. The van der Waals surface area contributed by atoms with E-state index in [1.54, 1.807) is 0 Å². The van der Waals surface area contributed by atoms with E-state index in [1.807, 2.05) is 0 Å². The fourth-order valence-corrected chi connectivity index (χ4v) is 0.653. The van der Waals surface area contributed by atoms with E-state index in [2.05, 4.69) is 13.8 Å². The van der Waals surface area contributed by atoms with Crippen LogP contribution < -0.4 is 0 Å². The molecule has 0 atom stereocenters. The molecule has 0 fully saturated rings. The highest BCUT2D eigenvalue weighted by Crippen LogP contribution is 1.91. The van der Waals surface area contributed by atoms with E-state index in [0.29, 0.717) is 19.1 Å². The lowest BCUT2D eigenvalue weighted by molar-refractivity contribution is -0.122. The molecule has 0 radical (unpaired) electrons. The first-order valence-corrected chi connectivity index (χ1v) is 4.28. The molecule has 0 spiro atoms. The van der Waals surface area contributed by atoms with Crippen LogP contribution in [0, 0.1) is 5.92 Å². The third kappa shape index (κ3) is 9.59. The Bertz CT molecular complexity index is 121. The van der Waals surface area contributed by atoms with Crippen molar-refractivity contribution in [3.8, 4) is 0 Å². The quantitative estimate of drug-likeness (QED) is 0.545. The maximum atomic E-state index is 10.4. The molecule has 12 heavy (non-hydrogen) atoms. The molecule has 0 bridgehead atoms. The van der Waals surface area contributed by atoms with E-state index < -0.39 is 0 Å². The molecule has 0 aromatic rings. The summed E-state index contributed by atoms with van der Waals surface area (Å²) in [7, 11) is 0. The number of Topliss-reactive ketones (excluding diaryl/α,β-unsaturated/α-hetero) is 1. The molecule has 0 N–H and O–H groups in total. The van der Waals surface area contributed by atoms with Crippen LogP contribution in [0.1, 0.15) is 20.8 Å². The number of rotatable bonds is 7. The molecule has 0 saturated heterocycles. The molecule has 72 valence electrons. The summed E-state index contributed by atoms with van der Waals surface area (Å²) in [6.07, 6.45) is 0. The SMILES string of the molecule is CC(=O)COCCOCC(C)C. The number of ether oxygens (including phenoxy) is 2. The third-order valence-corrected chi connectivity index (χ3v) is 1.13. The highest BCUT2D eigenvalue weighted by Gasteiger charge is 1.95. The van der Waals surface area contributed by atoms with Gasteiger partial charge in [-0.3, -0.25) is 4.79 Å². The molecular formula is C9H18O3. The van der Waals surface area contributed by atoms with Gasteiger partial charge < -0.3 is 9.47 Å². The van der Waals surface area contributed by atoms with Gasteiger partial charge in [-0.1, -0.05) is 13.8 Å². The maximum Gasteiger partial charge on any atom is 0.155 e. The van der Waals surface area contributed by atoms with Crippen molar-refractivity contribution in [2.75, 3.05) is 26.4 Å². The molecule has 3 heteroatoms. The summed E-state index contributed by atoms with van der Waals surface area (Å²) in [4.78, 5) is 10.4. The Morgan fingerprint density at radius 2 is 1.83 bits per heavy atom. The lowest BCUT2D eigenvalue weighted by Crippen LogP contribution is -2.11. The van der Waals surface area contributed by atoms with Crippen molar-refractivity contribution in [3.63, 3.8) is 0 Å². The molecule has 0 aliphatic carbocycles. The van der Waals surface area contributed by atoms with Gasteiger partial charge in [0.05, 0.1) is 13.2 Å². The molecule has 0 amide bonds. The van der Waals surface area contributed by atoms with Crippen molar-refractivity contribution in [3.05, 3.63) is 0 Å². The van der Waals surface area contributed by atoms with Crippen LogP contribution in [0.25, 0.3) is 0 Å². The Kier molecular flexibility index (Phi) is 7.00. The van der Waals surface area contributed by atoms with E-state index >= 15 is 0 Å². The van der Waals surface area contributed by atoms with Crippen LogP contribution in [0.2, 0.25) is 0 Å². The molecular weight excluding hydrogens is 156 g/mol. The van der Waals surface area contributed by atoms with E-state index in [1.165, 1.54) is 6.92 Å². The normalized spacial score (nSPS) is 10.7. The fraction of sp³-hybridized carbons (Fsp3) is 0.889. The van der Waals surface area contributed by atoms with Gasteiger partial charge in [0, 0.05) is 6.61 Å². The van der Waals surface area contributed by atoms with Crippen molar-refractivity contribution in [2.24, 2.45) is 5.92 Å². The number of hydrogen-bond acceptors (Lipinski definition) is 3. The highest BCUT2D eigenvalue weighted by atomic mass is 16.5. The maximum absolute atomic E-state index is 10.4. The molecule has 0 rings (SSSR count). The van der Waals surface area contributed by atoms with Gasteiger partial charge in [-0.15, -0.1) is 0 Å². The molecule has 0 saturated carbocycles. The summed E-state index contributed by atoms with van der Waals surface area (Å²) in [6, 6.07) is 0. The van der Waals surface area contributed by atoms with Crippen molar-refractivity contribution in [1.82, 2.24) is 0 Å². The van der Waals surface area contributed by atoms with Crippen LogP contribution in [0.15, 0.2) is 0 Å². The van der Waals surface area contributed by atoms with Crippen LogP contribution >= 0.6 is 0 Å². The highest BCUT2D eigenvalue weighted by molar-refractivity contribution is 5.76. The van der Waals surface area contributed by atoms with Gasteiger partial charge in [-0.05, 0) is 12.8 Å². The monoisotopic (exact) mass is 174 g/mol. The second-order valence-corrected chi connectivity index (χ2v) is 3.22. The van der Waals surface area contributed by atoms with Crippen LogP contribution in [0.3, 0.4) is 0 Å². The van der Waals surface area contributed by atoms with Gasteiger partial charge in [0.1, 0.15) is 6.61 Å². The number of ketones is 1. The molecule has 0 aromatic carbocycles. The summed E-state index contributed by atoms with van der Waals surface area (Å²) >= 11 is 0. The first-order chi connectivity index (χ1) is 5.63. The first-order valence-electron chi connectivity index (χ1n) is 4.28. The fourth-order valence-electron chi connectivity index (χ4n) is 0.653. The molecule has 3 nitrogen and oxygen atoms in total. The van der Waals surface area contributed by atoms with Gasteiger partial charge in [-0.2, -0.15) is 0 Å². The van der Waals surface area contributed by atoms with Gasteiger partial charge in [0.15, 0.2) is 5.78 Å². The summed E-state index contributed by atoms with van der Waals surface area (Å²) in [5.41, 5.74) is 0. The summed E-state index contributed by atoms with van der Waals surface area (Å²) in [6.45, 7) is 7.73. The lowest BCUT2D eigenvalue weighted by atomic mass is 10.2. The minimum atomic E-state index is 0.0545. The summed E-state index contributed by atoms with van der Waals surface area (Å²) < 4.78 is 10.2. The lowest BCUT2D eigenvalue weighted by Gasteiger charge is -2.06. The van der Waals surface area contributed by atoms with E-state index in [9.17, 15) is 4.79 Å². The Balaban J connectivity index is 2.96. The van der Waals surface area contributed by atoms with Gasteiger partial charge in [0.25, 0.3) is 0 Å². The molecule has 0 aliphatic rings. The van der Waals surface area contributed by atoms with Crippen molar-refractivity contribution in [2.45, 2.75) is 20.8 Å². The molecule has 0 aliphatic heterocycles. The summed E-state index contributed by atoms with van der Waals surface area (Å²) in [5.74, 6) is 0.608. The van der Waals surface area contributed by atoms with Crippen LogP contribution in [-0.4, -0.2) is 32.2 Å². The Labute approximate surface area is 74.0 Å². The third-order valence-electron chi connectivity index (χ3n) is 1.13. The number of carbonyl (C=O) groups excluding carboxylic acids is 1. The van der Waals surface area contributed by atoms with Gasteiger partial charge in [-0.25, -0.2) is 0 Å². The first kappa shape index (κ1) is 11.6. The zero-order valence-corrected chi connectivity index (χ0v) is 8.13. The van der Waals surface area contributed by atoms with Crippen molar-refractivity contribution >= 4 is 5.78 Å². The van der Waals surface area contributed by atoms with Crippen LogP contribution in [-0.2, 0) is 14.3 Å². The summed E-state index contributed by atoms with van der Waals surface area (Å²) in [5, 5.41) is 0. The topological polar surface area (TPSA) is 35.5 Å².